The molecule has 4 nitrogen and oxygen atoms in total. The number of benzene rings is 1. The Morgan fingerprint density at radius 2 is 2.38 bits per heavy atom. The van der Waals surface area contributed by atoms with Gasteiger partial charge >= 0.3 is 0 Å². The summed E-state index contributed by atoms with van der Waals surface area (Å²) in [7, 11) is 1.79. The van der Waals surface area contributed by atoms with Gasteiger partial charge in [-0.05, 0) is 17.2 Å². The molecule has 1 N–H and O–H groups in total. The highest BCUT2D eigenvalue weighted by Crippen LogP contribution is 2.28. The van der Waals surface area contributed by atoms with E-state index in [0.29, 0.717) is 19.5 Å². The Morgan fingerprint density at radius 3 is 3.12 bits per heavy atom. The second kappa shape index (κ2) is 4.33. The van der Waals surface area contributed by atoms with Gasteiger partial charge in [0.25, 0.3) is 0 Å². The standard InChI is InChI=1S/C12H13N3O/c1-15-11-3-2-9(8-14-5-4-13)6-10(11)7-12(15)16/h2-3,6,14H,5,7-8H2,1H3. The molecule has 0 unspecified atom stereocenters. The van der Waals surface area contributed by atoms with Crippen molar-refractivity contribution in [1.82, 2.24) is 5.32 Å². The summed E-state index contributed by atoms with van der Waals surface area (Å²) in [4.78, 5) is 13.2. The number of amides is 1. The predicted octanol–water partition coefficient (Wildman–Crippen LogP) is 0.819. The molecule has 16 heavy (non-hydrogen) atoms. The van der Waals surface area contributed by atoms with Crippen LogP contribution in [-0.2, 0) is 17.8 Å². The lowest BCUT2D eigenvalue weighted by Crippen LogP contribution is -2.20. The molecule has 0 aliphatic carbocycles. The molecular weight excluding hydrogens is 202 g/mol. The van der Waals surface area contributed by atoms with Gasteiger partial charge in [0.1, 0.15) is 0 Å². The molecule has 4 heteroatoms. The Kier molecular flexibility index (Phi) is 2.88. The number of nitrogens with zero attached hydrogens (tertiary/aromatic N) is 2. The second-order valence-electron chi connectivity index (χ2n) is 3.85. The number of hydrogen-bond donors (Lipinski definition) is 1. The molecule has 1 aliphatic rings. The highest BCUT2D eigenvalue weighted by Gasteiger charge is 2.23. The molecule has 0 saturated carbocycles. The topological polar surface area (TPSA) is 56.1 Å². The van der Waals surface area contributed by atoms with Crippen molar-refractivity contribution < 1.29 is 4.79 Å². The third-order valence-corrected chi connectivity index (χ3v) is 2.75. The monoisotopic (exact) mass is 215 g/mol. The van der Waals surface area contributed by atoms with Crippen LogP contribution in [0.2, 0.25) is 0 Å². The van der Waals surface area contributed by atoms with Crippen LogP contribution in [0.25, 0.3) is 0 Å². The smallest absolute Gasteiger partial charge is 0.231 e. The quantitative estimate of drug-likeness (QED) is 0.600. The van der Waals surface area contributed by atoms with Gasteiger partial charge in [-0.2, -0.15) is 5.26 Å². The number of likely N-dealkylation sites (N-methyl/N-ethyl adjacent to an activating group) is 1. The van der Waals surface area contributed by atoms with Crippen molar-refractivity contribution in [3.63, 3.8) is 0 Å². The molecule has 2 rings (SSSR count). The molecule has 82 valence electrons. The number of carbonyl (C=O) groups is 1. The van der Waals surface area contributed by atoms with Crippen LogP contribution in [0, 0.1) is 11.3 Å². The van der Waals surface area contributed by atoms with Crippen molar-refractivity contribution in [1.29, 1.82) is 5.26 Å². The minimum atomic E-state index is 0.136. The average molecular weight is 215 g/mol. The maximum absolute atomic E-state index is 11.5. The zero-order chi connectivity index (χ0) is 11.5. The van der Waals surface area contributed by atoms with Crippen LogP contribution in [0.1, 0.15) is 11.1 Å². The molecule has 1 heterocycles. The second-order valence-corrected chi connectivity index (χ2v) is 3.85. The summed E-state index contributed by atoms with van der Waals surface area (Å²) in [6, 6.07) is 8.01. The van der Waals surface area contributed by atoms with Gasteiger partial charge in [-0.25, -0.2) is 0 Å². The summed E-state index contributed by atoms with van der Waals surface area (Å²) >= 11 is 0. The number of fused-ring (bicyclic) bond motifs is 1. The van der Waals surface area contributed by atoms with Gasteiger partial charge in [-0.15, -0.1) is 0 Å². The summed E-state index contributed by atoms with van der Waals surface area (Å²) in [5, 5.41) is 11.4. The number of anilines is 1. The van der Waals surface area contributed by atoms with Gasteiger partial charge in [0, 0.05) is 19.3 Å². The van der Waals surface area contributed by atoms with Crippen molar-refractivity contribution in [2.24, 2.45) is 0 Å². The van der Waals surface area contributed by atoms with E-state index < -0.39 is 0 Å². The first-order chi connectivity index (χ1) is 7.72. The number of nitriles is 1. The van der Waals surface area contributed by atoms with Crippen molar-refractivity contribution in [2.75, 3.05) is 18.5 Å². The summed E-state index contributed by atoms with van der Waals surface area (Å²) < 4.78 is 0. The van der Waals surface area contributed by atoms with Crippen LogP contribution in [0.4, 0.5) is 5.69 Å². The molecule has 0 atom stereocenters. The van der Waals surface area contributed by atoms with E-state index in [2.05, 4.69) is 5.32 Å². The molecule has 1 aliphatic heterocycles. The van der Waals surface area contributed by atoms with Crippen LogP contribution in [0.5, 0.6) is 0 Å². The van der Waals surface area contributed by atoms with Crippen LogP contribution < -0.4 is 10.2 Å². The first-order valence-corrected chi connectivity index (χ1v) is 5.18. The van der Waals surface area contributed by atoms with E-state index in [-0.39, 0.29) is 5.91 Å². The number of hydrogen-bond acceptors (Lipinski definition) is 3. The Morgan fingerprint density at radius 1 is 1.56 bits per heavy atom. The van der Waals surface area contributed by atoms with Crippen molar-refractivity contribution in [3.8, 4) is 6.07 Å². The predicted molar refractivity (Wildman–Crippen MR) is 60.9 cm³/mol. The highest BCUT2D eigenvalue weighted by molar-refractivity contribution is 6.00. The Labute approximate surface area is 94.5 Å². The molecule has 0 aromatic heterocycles. The van der Waals surface area contributed by atoms with Gasteiger partial charge < -0.3 is 10.2 Å². The van der Waals surface area contributed by atoms with Crippen molar-refractivity contribution in [3.05, 3.63) is 29.3 Å². The third-order valence-electron chi connectivity index (χ3n) is 2.75. The van der Waals surface area contributed by atoms with Crippen LogP contribution in [-0.4, -0.2) is 19.5 Å². The van der Waals surface area contributed by atoms with E-state index >= 15 is 0 Å². The van der Waals surface area contributed by atoms with Gasteiger partial charge in [-0.3, -0.25) is 4.79 Å². The molecule has 1 aromatic carbocycles. The Balaban J connectivity index is 2.13. The lowest BCUT2D eigenvalue weighted by atomic mass is 10.1. The lowest BCUT2D eigenvalue weighted by Gasteiger charge is -2.10. The molecule has 0 saturated heterocycles. The summed E-state index contributed by atoms with van der Waals surface area (Å²) in [6.45, 7) is 1.01. The van der Waals surface area contributed by atoms with Crippen molar-refractivity contribution in [2.45, 2.75) is 13.0 Å². The SMILES string of the molecule is CN1C(=O)Cc2cc(CNCC#N)ccc21. The average Bonchev–Trinajstić information content (AvgIpc) is 2.55. The van der Waals surface area contributed by atoms with Gasteiger partial charge in [0.05, 0.1) is 19.0 Å². The van der Waals surface area contributed by atoms with Crippen molar-refractivity contribution >= 4 is 11.6 Å². The number of rotatable bonds is 3. The molecule has 1 aromatic rings. The molecule has 0 fully saturated rings. The lowest BCUT2D eigenvalue weighted by molar-refractivity contribution is -0.117. The Hall–Kier alpha value is -1.86. The fraction of sp³-hybridized carbons (Fsp3) is 0.333. The minimum absolute atomic E-state index is 0.136. The zero-order valence-corrected chi connectivity index (χ0v) is 9.16. The molecule has 0 spiro atoms. The van der Waals surface area contributed by atoms with E-state index in [1.165, 1.54) is 0 Å². The molecular formula is C12H13N3O. The van der Waals surface area contributed by atoms with E-state index in [1.54, 1.807) is 11.9 Å². The zero-order valence-electron chi connectivity index (χ0n) is 9.16. The van der Waals surface area contributed by atoms with Crippen LogP contribution >= 0.6 is 0 Å². The molecule has 1 amide bonds. The molecule has 0 radical (unpaired) electrons. The molecule has 0 bridgehead atoms. The number of nitrogens with one attached hydrogen (secondary N) is 1. The minimum Gasteiger partial charge on any atom is -0.315 e. The third kappa shape index (κ3) is 1.90. The summed E-state index contributed by atoms with van der Waals surface area (Å²) in [5.74, 6) is 0.136. The van der Waals surface area contributed by atoms with Crippen LogP contribution in [0.3, 0.4) is 0 Å². The Bertz CT molecular complexity index is 462. The van der Waals surface area contributed by atoms with Gasteiger partial charge in [-0.1, -0.05) is 12.1 Å². The fourth-order valence-corrected chi connectivity index (χ4v) is 1.90. The van der Waals surface area contributed by atoms with E-state index in [4.69, 9.17) is 5.26 Å². The summed E-state index contributed by atoms with van der Waals surface area (Å²) in [5.41, 5.74) is 3.18. The normalized spacial score (nSPS) is 13.8. The van der Waals surface area contributed by atoms with E-state index in [1.807, 2.05) is 24.3 Å². The first-order valence-electron chi connectivity index (χ1n) is 5.18. The summed E-state index contributed by atoms with van der Waals surface area (Å²) in [6.07, 6.45) is 0.484. The number of carbonyl (C=O) groups excluding carboxylic acids is 1. The fourth-order valence-electron chi connectivity index (χ4n) is 1.90. The highest BCUT2D eigenvalue weighted by atomic mass is 16.2. The maximum Gasteiger partial charge on any atom is 0.231 e. The van der Waals surface area contributed by atoms with E-state index in [9.17, 15) is 4.79 Å². The largest absolute Gasteiger partial charge is 0.315 e. The maximum atomic E-state index is 11.5. The van der Waals surface area contributed by atoms with Crippen LogP contribution in [0.15, 0.2) is 18.2 Å². The first kappa shape index (κ1) is 10.7. The van der Waals surface area contributed by atoms with Gasteiger partial charge in [0.2, 0.25) is 5.91 Å². The van der Waals surface area contributed by atoms with E-state index in [0.717, 1.165) is 16.8 Å². The van der Waals surface area contributed by atoms with Gasteiger partial charge in [0.15, 0.2) is 0 Å².